The third kappa shape index (κ3) is 2.75. The zero-order valence-corrected chi connectivity index (χ0v) is 11.9. The van der Waals surface area contributed by atoms with Crippen LogP contribution in [0.25, 0.3) is 10.9 Å². The van der Waals surface area contributed by atoms with E-state index < -0.39 is 0 Å². The number of carbonyl (C=O) groups is 1. The second-order valence-corrected chi connectivity index (χ2v) is 5.47. The Balaban J connectivity index is 1.52. The summed E-state index contributed by atoms with van der Waals surface area (Å²) in [5, 5.41) is 8.00. The maximum absolute atomic E-state index is 11.8. The fourth-order valence-corrected chi connectivity index (χ4v) is 2.92. The number of hydrogen-bond donors (Lipinski definition) is 1. The van der Waals surface area contributed by atoms with Crippen molar-refractivity contribution >= 4 is 28.1 Å². The molecule has 0 bridgehead atoms. The smallest absolute Gasteiger partial charge is 0.252 e. The molecule has 0 saturated heterocycles. The van der Waals surface area contributed by atoms with Gasteiger partial charge < -0.3 is 9.88 Å². The van der Waals surface area contributed by atoms with E-state index in [-0.39, 0.29) is 5.91 Å². The van der Waals surface area contributed by atoms with Gasteiger partial charge in [0.15, 0.2) is 0 Å². The molecule has 1 aromatic carbocycles. The van der Waals surface area contributed by atoms with Crippen molar-refractivity contribution in [3.63, 3.8) is 0 Å². The number of para-hydroxylation sites is 1. The summed E-state index contributed by atoms with van der Waals surface area (Å²) in [6, 6.07) is 12.3. The SMILES string of the molecule is O=C(NCCCn1ccc2ccccc21)c1ccsc1. The van der Waals surface area contributed by atoms with E-state index in [9.17, 15) is 4.79 Å². The molecule has 3 nitrogen and oxygen atoms in total. The molecule has 0 atom stereocenters. The molecule has 2 heterocycles. The summed E-state index contributed by atoms with van der Waals surface area (Å²) in [6.07, 6.45) is 3.03. The van der Waals surface area contributed by atoms with Crippen molar-refractivity contribution in [1.29, 1.82) is 0 Å². The number of benzene rings is 1. The largest absolute Gasteiger partial charge is 0.352 e. The number of fused-ring (bicyclic) bond motifs is 1. The molecule has 3 aromatic rings. The second kappa shape index (κ2) is 5.92. The van der Waals surface area contributed by atoms with Gasteiger partial charge in [-0.15, -0.1) is 0 Å². The molecule has 0 aliphatic carbocycles. The molecular formula is C16H16N2OS. The van der Waals surface area contributed by atoms with Gasteiger partial charge in [-0.05, 0) is 35.4 Å². The van der Waals surface area contributed by atoms with E-state index in [1.807, 2.05) is 22.9 Å². The van der Waals surface area contributed by atoms with E-state index in [1.54, 1.807) is 11.3 Å². The van der Waals surface area contributed by atoms with Crippen LogP contribution in [0.5, 0.6) is 0 Å². The first kappa shape index (κ1) is 12.9. The Kier molecular flexibility index (Phi) is 3.83. The normalized spacial score (nSPS) is 10.8. The maximum atomic E-state index is 11.8. The number of hydrogen-bond acceptors (Lipinski definition) is 2. The van der Waals surface area contributed by atoms with E-state index >= 15 is 0 Å². The second-order valence-electron chi connectivity index (χ2n) is 4.69. The van der Waals surface area contributed by atoms with Crippen molar-refractivity contribution in [2.45, 2.75) is 13.0 Å². The van der Waals surface area contributed by atoms with Crippen LogP contribution in [0.4, 0.5) is 0 Å². The average Bonchev–Trinajstić information content (AvgIpc) is 3.13. The first-order valence-corrected chi connectivity index (χ1v) is 7.63. The van der Waals surface area contributed by atoms with Crippen molar-refractivity contribution in [1.82, 2.24) is 9.88 Å². The first-order valence-electron chi connectivity index (χ1n) is 6.69. The molecule has 0 spiro atoms. The van der Waals surface area contributed by atoms with Gasteiger partial charge in [0.1, 0.15) is 0 Å². The maximum Gasteiger partial charge on any atom is 0.252 e. The van der Waals surface area contributed by atoms with E-state index in [4.69, 9.17) is 0 Å². The van der Waals surface area contributed by atoms with Gasteiger partial charge in [-0.1, -0.05) is 18.2 Å². The molecule has 0 radical (unpaired) electrons. The van der Waals surface area contributed by atoms with Crippen LogP contribution in [-0.4, -0.2) is 17.0 Å². The van der Waals surface area contributed by atoms with Crippen LogP contribution in [0.1, 0.15) is 16.8 Å². The molecular weight excluding hydrogens is 268 g/mol. The minimum Gasteiger partial charge on any atom is -0.352 e. The number of carbonyl (C=O) groups excluding carboxylic acids is 1. The minimum absolute atomic E-state index is 0.0172. The lowest BCUT2D eigenvalue weighted by atomic mass is 10.2. The molecule has 102 valence electrons. The molecule has 0 aliphatic rings. The summed E-state index contributed by atoms with van der Waals surface area (Å²) < 4.78 is 2.23. The molecule has 2 aromatic heterocycles. The van der Waals surface area contributed by atoms with Gasteiger partial charge in [-0.25, -0.2) is 0 Å². The number of nitrogens with one attached hydrogen (secondary N) is 1. The highest BCUT2D eigenvalue weighted by Crippen LogP contribution is 2.15. The third-order valence-corrected chi connectivity index (χ3v) is 4.01. The molecule has 4 heteroatoms. The zero-order chi connectivity index (χ0) is 13.8. The van der Waals surface area contributed by atoms with Crippen LogP contribution in [0.15, 0.2) is 53.4 Å². The Morgan fingerprint density at radius 2 is 2.10 bits per heavy atom. The summed E-state index contributed by atoms with van der Waals surface area (Å²) in [5.74, 6) is 0.0172. The highest BCUT2D eigenvalue weighted by atomic mass is 32.1. The monoisotopic (exact) mass is 284 g/mol. The molecule has 1 amide bonds. The van der Waals surface area contributed by atoms with E-state index in [1.165, 1.54) is 10.9 Å². The van der Waals surface area contributed by atoms with Gasteiger partial charge in [0.25, 0.3) is 5.91 Å². The number of nitrogens with zero attached hydrogens (tertiary/aromatic N) is 1. The summed E-state index contributed by atoms with van der Waals surface area (Å²) in [7, 11) is 0. The topological polar surface area (TPSA) is 34.0 Å². The molecule has 0 aliphatic heterocycles. The van der Waals surface area contributed by atoms with Crippen LogP contribution in [-0.2, 0) is 6.54 Å². The summed E-state index contributed by atoms with van der Waals surface area (Å²) in [4.78, 5) is 11.8. The van der Waals surface area contributed by atoms with Gasteiger partial charge in [0.2, 0.25) is 0 Å². The number of thiophene rings is 1. The highest BCUT2D eigenvalue weighted by molar-refractivity contribution is 7.08. The molecule has 0 unspecified atom stereocenters. The van der Waals surface area contributed by atoms with Crippen LogP contribution in [0.3, 0.4) is 0 Å². The van der Waals surface area contributed by atoms with Gasteiger partial charge in [-0.2, -0.15) is 11.3 Å². The van der Waals surface area contributed by atoms with E-state index in [2.05, 4.69) is 40.3 Å². The van der Waals surface area contributed by atoms with Crippen molar-refractivity contribution in [3.05, 3.63) is 58.9 Å². The van der Waals surface area contributed by atoms with Crippen molar-refractivity contribution in [3.8, 4) is 0 Å². The lowest BCUT2D eigenvalue weighted by Crippen LogP contribution is -2.24. The zero-order valence-electron chi connectivity index (χ0n) is 11.1. The molecule has 20 heavy (non-hydrogen) atoms. The van der Waals surface area contributed by atoms with E-state index in [0.29, 0.717) is 6.54 Å². The van der Waals surface area contributed by atoms with Crippen LogP contribution >= 0.6 is 11.3 Å². The highest BCUT2D eigenvalue weighted by Gasteiger charge is 2.04. The lowest BCUT2D eigenvalue weighted by molar-refractivity contribution is 0.0953. The predicted molar refractivity (Wildman–Crippen MR) is 83.2 cm³/mol. The lowest BCUT2D eigenvalue weighted by Gasteiger charge is -2.06. The van der Waals surface area contributed by atoms with Gasteiger partial charge in [0.05, 0.1) is 0 Å². The minimum atomic E-state index is 0.0172. The predicted octanol–water partition coefficient (Wildman–Crippen LogP) is 3.52. The summed E-state index contributed by atoms with van der Waals surface area (Å²) >= 11 is 1.54. The number of rotatable bonds is 5. The summed E-state index contributed by atoms with van der Waals surface area (Å²) in [5.41, 5.74) is 2.00. The number of aryl methyl sites for hydroxylation is 1. The molecule has 3 rings (SSSR count). The Bertz CT molecular complexity index is 700. The van der Waals surface area contributed by atoms with Gasteiger partial charge >= 0.3 is 0 Å². The van der Waals surface area contributed by atoms with E-state index in [0.717, 1.165) is 18.5 Å². The number of amides is 1. The van der Waals surface area contributed by atoms with Crippen LogP contribution in [0.2, 0.25) is 0 Å². The fourth-order valence-electron chi connectivity index (χ4n) is 2.28. The molecule has 0 saturated carbocycles. The Hall–Kier alpha value is -2.07. The van der Waals surface area contributed by atoms with Gasteiger partial charge in [-0.3, -0.25) is 4.79 Å². The summed E-state index contributed by atoms with van der Waals surface area (Å²) in [6.45, 7) is 1.61. The fraction of sp³-hybridized carbons (Fsp3) is 0.188. The van der Waals surface area contributed by atoms with Crippen molar-refractivity contribution in [2.24, 2.45) is 0 Å². The van der Waals surface area contributed by atoms with Gasteiger partial charge in [0, 0.05) is 35.7 Å². The first-order chi connectivity index (χ1) is 9.84. The van der Waals surface area contributed by atoms with Crippen LogP contribution < -0.4 is 5.32 Å². The van der Waals surface area contributed by atoms with Crippen LogP contribution in [0, 0.1) is 0 Å². The third-order valence-electron chi connectivity index (χ3n) is 3.32. The van der Waals surface area contributed by atoms with Crippen molar-refractivity contribution in [2.75, 3.05) is 6.54 Å². The van der Waals surface area contributed by atoms with Crippen molar-refractivity contribution < 1.29 is 4.79 Å². The standard InChI is InChI=1S/C16H16N2OS/c19-16(14-7-11-20-12-14)17-8-3-9-18-10-6-13-4-1-2-5-15(13)18/h1-2,4-7,10-12H,3,8-9H2,(H,17,19). The molecule has 0 fully saturated rings. The Morgan fingerprint density at radius 3 is 2.95 bits per heavy atom. The quantitative estimate of drug-likeness (QED) is 0.715. The average molecular weight is 284 g/mol. The Labute approximate surface area is 121 Å². The Morgan fingerprint density at radius 1 is 1.20 bits per heavy atom. The molecule has 1 N–H and O–H groups in total. The number of aromatic nitrogens is 1.